The first kappa shape index (κ1) is 13.9. The van der Waals surface area contributed by atoms with Crippen LogP contribution in [0.25, 0.3) is 0 Å². The lowest BCUT2D eigenvalue weighted by Crippen LogP contribution is -2.21. The number of aryl methyl sites for hydroxylation is 1. The molecule has 1 aromatic rings. The molecule has 0 aliphatic carbocycles. The number of ether oxygens (including phenoxy) is 1. The molecule has 0 bridgehead atoms. The molecule has 0 atom stereocenters. The van der Waals surface area contributed by atoms with E-state index in [0.29, 0.717) is 18.7 Å². The predicted molar refractivity (Wildman–Crippen MR) is 71.2 cm³/mol. The summed E-state index contributed by atoms with van der Waals surface area (Å²) in [5.41, 5.74) is 1.84. The predicted octanol–water partition coefficient (Wildman–Crippen LogP) is 2.52. The van der Waals surface area contributed by atoms with Gasteiger partial charge >= 0.3 is 5.97 Å². The van der Waals surface area contributed by atoms with Crippen molar-refractivity contribution in [2.45, 2.75) is 26.8 Å². The molecule has 0 aliphatic heterocycles. The Morgan fingerprint density at radius 3 is 2.94 bits per heavy atom. The second-order valence-electron chi connectivity index (χ2n) is 3.65. The van der Waals surface area contributed by atoms with Gasteiger partial charge in [0.25, 0.3) is 0 Å². The van der Waals surface area contributed by atoms with Gasteiger partial charge in [0.1, 0.15) is 0 Å². The quantitative estimate of drug-likeness (QED) is 0.599. The molecule has 0 spiro atoms. The summed E-state index contributed by atoms with van der Waals surface area (Å²) in [6.07, 6.45) is 1.04. The smallest absolute Gasteiger partial charge is 0.334 e. The topological polar surface area (TPSA) is 38.3 Å². The highest BCUT2D eigenvalue weighted by molar-refractivity contribution is 7.10. The highest BCUT2D eigenvalue weighted by Crippen LogP contribution is 2.16. The number of carbonyl (C=O) groups excluding carboxylic acids is 1. The summed E-state index contributed by atoms with van der Waals surface area (Å²) >= 11 is 1.74. The minimum absolute atomic E-state index is 0.318. The molecule has 94 valence electrons. The van der Waals surface area contributed by atoms with E-state index in [2.05, 4.69) is 30.3 Å². The third-order valence-corrected chi connectivity index (χ3v) is 3.37. The normalized spacial score (nSPS) is 10.2. The van der Waals surface area contributed by atoms with Crippen LogP contribution in [0, 0.1) is 0 Å². The fraction of sp³-hybridized carbons (Fsp3) is 0.462. The van der Waals surface area contributed by atoms with Crippen LogP contribution < -0.4 is 5.32 Å². The van der Waals surface area contributed by atoms with Crippen LogP contribution in [-0.2, 0) is 22.5 Å². The summed E-state index contributed by atoms with van der Waals surface area (Å²) in [6, 6.07) is 2.14. The molecule has 4 heteroatoms. The molecule has 0 amide bonds. The van der Waals surface area contributed by atoms with Crippen molar-refractivity contribution in [2.24, 2.45) is 0 Å². The van der Waals surface area contributed by atoms with Crippen LogP contribution in [0.3, 0.4) is 0 Å². The Morgan fingerprint density at radius 1 is 1.53 bits per heavy atom. The van der Waals surface area contributed by atoms with Crippen LogP contribution in [-0.4, -0.2) is 19.1 Å². The minimum Gasteiger partial charge on any atom is -0.463 e. The van der Waals surface area contributed by atoms with Gasteiger partial charge in [0.2, 0.25) is 0 Å². The van der Waals surface area contributed by atoms with E-state index in [9.17, 15) is 4.79 Å². The maximum atomic E-state index is 11.3. The average Bonchev–Trinajstić information content (AvgIpc) is 2.76. The van der Waals surface area contributed by atoms with Gasteiger partial charge in [0.05, 0.1) is 6.61 Å². The third kappa shape index (κ3) is 4.32. The fourth-order valence-electron chi connectivity index (χ4n) is 1.47. The van der Waals surface area contributed by atoms with Crippen molar-refractivity contribution in [3.63, 3.8) is 0 Å². The van der Waals surface area contributed by atoms with Gasteiger partial charge in [-0.1, -0.05) is 13.5 Å². The van der Waals surface area contributed by atoms with E-state index < -0.39 is 0 Å². The first-order chi connectivity index (χ1) is 8.19. The molecule has 0 unspecified atom stereocenters. The average molecular weight is 253 g/mol. The molecule has 17 heavy (non-hydrogen) atoms. The van der Waals surface area contributed by atoms with E-state index in [0.717, 1.165) is 13.0 Å². The van der Waals surface area contributed by atoms with Crippen LogP contribution >= 0.6 is 11.3 Å². The molecular formula is C13H19NO2S. The molecule has 0 fully saturated rings. The van der Waals surface area contributed by atoms with E-state index in [-0.39, 0.29) is 5.97 Å². The largest absolute Gasteiger partial charge is 0.463 e. The molecule has 0 radical (unpaired) electrons. The number of carbonyl (C=O) groups is 1. The van der Waals surface area contributed by atoms with E-state index in [4.69, 9.17) is 4.74 Å². The van der Waals surface area contributed by atoms with Crippen LogP contribution in [0.1, 0.15) is 24.3 Å². The number of esters is 1. The minimum atomic E-state index is -0.318. The van der Waals surface area contributed by atoms with Crippen LogP contribution in [0.15, 0.2) is 23.6 Å². The molecule has 1 N–H and O–H groups in total. The Bertz CT molecular complexity index is 385. The van der Waals surface area contributed by atoms with E-state index in [1.54, 1.807) is 18.3 Å². The Labute approximate surface area is 106 Å². The fourth-order valence-corrected chi connectivity index (χ4v) is 2.42. The van der Waals surface area contributed by atoms with Gasteiger partial charge in [-0.15, -0.1) is 11.3 Å². The highest BCUT2D eigenvalue weighted by Gasteiger charge is 2.07. The first-order valence-electron chi connectivity index (χ1n) is 5.79. The molecule has 0 aromatic carbocycles. The van der Waals surface area contributed by atoms with Gasteiger partial charge in [-0.25, -0.2) is 4.79 Å². The van der Waals surface area contributed by atoms with E-state index in [1.165, 1.54) is 10.4 Å². The van der Waals surface area contributed by atoms with E-state index >= 15 is 0 Å². The lowest BCUT2D eigenvalue weighted by atomic mass is 10.2. The van der Waals surface area contributed by atoms with Gasteiger partial charge in [-0.05, 0) is 30.4 Å². The maximum Gasteiger partial charge on any atom is 0.334 e. The standard InChI is InChI=1S/C13H19NO2S/c1-4-11-6-7-17-12(11)9-14-8-10(3)13(15)16-5-2/h6-7,14H,3-5,8-9H2,1-2H3. The Morgan fingerprint density at radius 2 is 2.29 bits per heavy atom. The Balaban J connectivity index is 2.33. The van der Waals surface area contributed by atoms with Crippen LogP contribution in [0.5, 0.6) is 0 Å². The van der Waals surface area contributed by atoms with Crippen molar-refractivity contribution in [2.75, 3.05) is 13.2 Å². The number of hydrogen-bond acceptors (Lipinski definition) is 4. The van der Waals surface area contributed by atoms with Gasteiger partial charge in [-0.3, -0.25) is 0 Å². The van der Waals surface area contributed by atoms with E-state index in [1.807, 2.05) is 0 Å². The van der Waals surface area contributed by atoms with Crippen LogP contribution in [0.4, 0.5) is 0 Å². The molecule has 1 rings (SSSR count). The number of hydrogen-bond donors (Lipinski definition) is 1. The lowest BCUT2D eigenvalue weighted by molar-refractivity contribution is -0.138. The summed E-state index contributed by atoms with van der Waals surface area (Å²) in [7, 11) is 0. The summed E-state index contributed by atoms with van der Waals surface area (Å²) in [5.74, 6) is -0.318. The first-order valence-corrected chi connectivity index (χ1v) is 6.67. The maximum absolute atomic E-state index is 11.3. The molecule has 0 saturated heterocycles. The molecule has 3 nitrogen and oxygen atoms in total. The zero-order valence-electron chi connectivity index (χ0n) is 10.4. The number of rotatable bonds is 7. The summed E-state index contributed by atoms with van der Waals surface area (Å²) < 4.78 is 4.86. The molecule has 0 aliphatic rings. The molecular weight excluding hydrogens is 234 g/mol. The Hall–Kier alpha value is -1.13. The molecule has 1 heterocycles. The van der Waals surface area contributed by atoms with Gasteiger partial charge < -0.3 is 10.1 Å². The second-order valence-corrected chi connectivity index (χ2v) is 4.65. The van der Waals surface area contributed by atoms with Crippen molar-refractivity contribution in [3.05, 3.63) is 34.0 Å². The third-order valence-electron chi connectivity index (χ3n) is 2.41. The van der Waals surface area contributed by atoms with Crippen molar-refractivity contribution in [1.29, 1.82) is 0 Å². The number of nitrogens with one attached hydrogen (secondary N) is 1. The monoisotopic (exact) mass is 253 g/mol. The lowest BCUT2D eigenvalue weighted by Gasteiger charge is -2.07. The summed E-state index contributed by atoms with van der Waals surface area (Å²) in [4.78, 5) is 12.6. The van der Waals surface area contributed by atoms with Gasteiger partial charge in [-0.2, -0.15) is 0 Å². The second kappa shape index (κ2) is 7.25. The Kier molecular flexibility index (Phi) is 5.94. The number of thiophene rings is 1. The van der Waals surface area contributed by atoms with Crippen molar-refractivity contribution >= 4 is 17.3 Å². The molecule has 0 saturated carbocycles. The summed E-state index contributed by atoms with van der Waals surface area (Å²) in [6.45, 7) is 9.27. The SMILES string of the molecule is C=C(CNCc1sccc1CC)C(=O)OCC. The zero-order valence-corrected chi connectivity index (χ0v) is 11.2. The highest BCUT2D eigenvalue weighted by atomic mass is 32.1. The van der Waals surface area contributed by atoms with Gasteiger partial charge in [0.15, 0.2) is 0 Å². The van der Waals surface area contributed by atoms with Crippen molar-refractivity contribution in [1.82, 2.24) is 5.32 Å². The van der Waals surface area contributed by atoms with Crippen molar-refractivity contribution < 1.29 is 9.53 Å². The summed E-state index contributed by atoms with van der Waals surface area (Å²) in [5, 5.41) is 5.30. The molecule has 1 aromatic heterocycles. The van der Waals surface area contributed by atoms with Crippen LogP contribution in [0.2, 0.25) is 0 Å². The zero-order chi connectivity index (χ0) is 12.7. The van der Waals surface area contributed by atoms with Crippen molar-refractivity contribution in [3.8, 4) is 0 Å². The van der Waals surface area contributed by atoms with Gasteiger partial charge in [0, 0.05) is 23.5 Å².